The van der Waals surface area contributed by atoms with Crippen LogP contribution in [0.1, 0.15) is 43.4 Å². The lowest BCUT2D eigenvalue weighted by Gasteiger charge is -2.30. The van der Waals surface area contributed by atoms with E-state index in [1.165, 1.54) is 19.1 Å². The van der Waals surface area contributed by atoms with Crippen LogP contribution < -0.4 is 10.1 Å². The Bertz CT molecular complexity index is 1220. The van der Waals surface area contributed by atoms with Crippen molar-refractivity contribution in [2.75, 3.05) is 13.7 Å². The van der Waals surface area contributed by atoms with Crippen LogP contribution in [0, 0.1) is 0 Å². The zero-order valence-corrected chi connectivity index (χ0v) is 20.8. The fraction of sp³-hybridized carbons (Fsp3) is 0.333. The Hall–Kier alpha value is -3.79. The van der Waals surface area contributed by atoms with Gasteiger partial charge in [-0.05, 0) is 50.1 Å². The molecule has 7 nitrogen and oxygen atoms in total. The Balaban J connectivity index is 1.87. The molecule has 0 aliphatic carbocycles. The molecule has 37 heavy (non-hydrogen) atoms. The third kappa shape index (κ3) is 6.71. The second-order valence-corrected chi connectivity index (χ2v) is 8.50. The number of aliphatic hydroxyl groups excluding tert-OH is 1. The minimum atomic E-state index is -4.61. The lowest BCUT2D eigenvalue weighted by Crippen LogP contribution is -2.32. The summed E-state index contributed by atoms with van der Waals surface area (Å²) in [7, 11) is 1.16. The van der Waals surface area contributed by atoms with Crippen molar-refractivity contribution in [3.05, 3.63) is 87.8 Å². The molecule has 0 radical (unpaired) electrons. The van der Waals surface area contributed by atoms with E-state index < -0.39 is 35.9 Å². The number of ether oxygens (including phenoxy) is 3. The Morgan fingerprint density at radius 2 is 1.65 bits per heavy atom. The van der Waals surface area contributed by atoms with Crippen molar-refractivity contribution < 1.29 is 42.1 Å². The maximum absolute atomic E-state index is 13.4. The van der Waals surface area contributed by atoms with E-state index in [-0.39, 0.29) is 23.3 Å². The maximum Gasteiger partial charge on any atom is 0.416 e. The number of aliphatic hydroxyl groups is 1. The minimum absolute atomic E-state index is 0.0161. The van der Waals surface area contributed by atoms with Gasteiger partial charge in [0.25, 0.3) is 0 Å². The molecular formula is C27H28F3NO6. The summed E-state index contributed by atoms with van der Waals surface area (Å²) in [6.45, 7) is 4.65. The number of hydrogen-bond acceptors (Lipinski definition) is 7. The van der Waals surface area contributed by atoms with Crippen molar-refractivity contribution >= 4 is 11.9 Å². The van der Waals surface area contributed by atoms with Gasteiger partial charge in [0.2, 0.25) is 0 Å². The van der Waals surface area contributed by atoms with Crippen LogP contribution in [0.15, 0.2) is 71.1 Å². The third-order valence-corrected chi connectivity index (χ3v) is 5.79. The van der Waals surface area contributed by atoms with E-state index >= 15 is 0 Å². The molecule has 2 N–H and O–H groups in total. The molecule has 0 saturated carbocycles. The highest BCUT2D eigenvalue weighted by molar-refractivity contribution is 5.99. The summed E-state index contributed by atoms with van der Waals surface area (Å²) >= 11 is 0. The Labute approximate surface area is 212 Å². The molecule has 0 spiro atoms. The molecule has 0 saturated heterocycles. The first-order chi connectivity index (χ1) is 17.4. The molecule has 2 aromatic carbocycles. The molecule has 2 unspecified atom stereocenters. The van der Waals surface area contributed by atoms with Gasteiger partial charge in [0.15, 0.2) is 6.29 Å². The first-order valence-electron chi connectivity index (χ1n) is 11.5. The molecular weight excluding hydrogens is 491 g/mol. The molecule has 2 atom stereocenters. The van der Waals surface area contributed by atoms with Crippen molar-refractivity contribution in [3.63, 3.8) is 0 Å². The summed E-state index contributed by atoms with van der Waals surface area (Å²) in [5.74, 6) is -2.19. The van der Waals surface area contributed by atoms with Gasteiger partial charge in [-0.3, -0.25) is 0 Å². The molecule has 1 heterocycles. The van der Waals surface area contributed by atoms with Gasteiger partial charge < -0.3 is 24.6 Å². The Morgan fingerprint density at radius 3 is 2.22 bits per heavy atom. The van der Waals surface area contributed by atoms with Crippen LogP contribution in [-0.2, 0) is 31.7 Å². The quantitative estimate of drug-likeness (QED) is 0.388. The summed E-state index contributed by atoms with van der Waals surface area (Å²) in [4.78, 5) is 25.9. The Kier molecular flexibility index (Phi) is 8.65. The van der Waals surface area contributed by atoms with Gasteiger partial charge in [0, 0.05) is 17.8 Å². The first-order valence-corrected chi connectivity index (χ1v) is 11.5. The fourth-order valence-electron chi connectivity index (χ4n) is 4.14. The number of carbonyl (C=O) groups is 2. The van der Waals surface area contributed by atoms with Crippen molar-refractivity contribution in [1.29, 1.82) is 0 Å². The zero-order chi connectivity index (χ0) is 27.3. The van der Waals surface area contributed by atoms with E-state index in [0.29, 0.717) is 23.6 Å². The first kappa shape index (κ1) is 27.8. The molecule has 198 valence electrons. The molecule has 2 aromatic rings. The molecule has 0 amide bonds. The number of nitrogens with one attached hydrogen (secondary N) is 1. The average Bonchev–Trinajstić information content (AvgIpc) is 2.83. The number of alkyl halides is 3. The number of carbonyl (C=O) groups excluding carboxylic acids is 2. The van der Waals surface area contributed by atoms with Crippen LogP contribution in [0.2, 0.25) is 0 Å². The fourth-order valence-corrected chi connectivity index (χ4v) is 4.14. The second kappa shape index (κ2) is 11.5. The van der Waals surface area contributed by atoms with Crippen LogP contribution in [0.5, 0.6) is 5.75 Å². The van der Waals surface area contributed by atoms with E-state index in [9.17, 15) is 27.9 Å². The molecule has 3 rings (SSSR count). The molecule has 1 aliphatic rings. The molecule has 10 heteroatoms. The van der Waals surface area contributed by atoms with Crippen LogP contribution in [0.25, 0.3) is 0 Å². The summed E-state index contributed by atoms with van der Waals surface area (Å²) in [6.07, 6.45) is -5.21. The highest BCUT2D eigenvalue weighted by Crippen LogP contribution is 2.41. The lowest BCUT2D eigenvalue weighted by molar-refractivity contribution is -0.139. The summed E-state index contributed by atoms with van der Waals surface area (Å²) < 4.78 is 55.9. The highest BCUT2D eigenvalue weighted by Gasteiger charge is 2.39. The summed E-state index contributed by atoms with van der Waals surface area (Å²) in [6, 6.07) is 11.3. The van der Waals surface area contributed by atoms with Crippen LogP contribution in [0.3, 0.4) is 0 Å². The van der Waals surface area contributed by atoms with Crippen LogP contribution in [0.4, 0.5) is 13.2 Å². The monoisotopic (exact) mass is 519 g/mol. The number of methoxy groups -OCH3 is 1. The number of dihydropyridines is 1. The number of allylic oxidation sites excluding steroid dienone is 2. The van der Waals surface area contributed by atoms with Gasteiger partial charge in [0.1, 0.15) is 5.75 Å². The largest absolute Gasteiger partial charge is 0.466 e. The van der Waals surface area contributed by atoms with E-state index in [2.05, 4.69) is 5.32 Å². The third-order valence-electron chi connectivity index (χ3n) is 5.79. The van der Waals surface area contributed by atoms with Crippen molar-refractivity contribution in [1.82, 2.24) is 5.32 Å². The molecule has 1 aliphatic heterocycles. The summed E-state index contributed by atoms with van der Waals surface area (Å²) in [5.41, 5.74) is 0.799. The number of hydrogen-bond donors (Lipinski definition) is 2. The SMILES string of the molecule is COC(=O)C1=C(C)NC(C)=C(C(=O)OCCc2ccc(OC(C)O)cc2)C1c1cccc(C(F)(F)F)c1. The summed E-state index contributed by atoms with van der Waals surface area (Å²) in [5, 5.41) is 12.2. The van der Waals surface area contributed by atoms with Crippen LogP contribution >= 0.6 is 0 Å². The smallest absolute Gasteiger partial charge is 0.416 e. The average molecular weight is 520 g/mol. The molecule has 0 bridgehead atoms. The zero-order valence-electron chi connectivity index (χ0n) is 20.8. The van der Waals surface area contributed by atoms with Gasteiger partial charge in [-0.1, -0.05) is 30.3 Å². The lowest BCUT2D eigenvalue weighted by atomic mass is 9.80. The second-order valence-electron chi connectivity index (χ2n) is 8.50. The molecule has 0 fully saturated rings. The number of benzene rings is 2. The van der Waals surface area contributed by atoms with Crippen LogP contribution in [-0.4, -0.2) is 37.1 Å². The van der Waals surface area contributed by atoms with Gasteiger partial charge in [0.05, 0.1) is 36.3 Å². The van der Waals surface area contributed by atoms with Gasteiger partial charge in [-0.2, -0.15) is 13.2 Å². The topological polar surface area (TPSA) is 94.1 Å². The van der Waals surface area contributed by atoms with Gasteiger partial charge in [-0.25, -0.2) is 9.59 Å². The highest BCUT2D eigenvalue weighted by atomic mass is 19.4. The van der Waals surface area contributed by atoms with E-state index in [0.717, 1.165) is 24.8 Å². The van der Waals surface area contributed by atoms with Gasteiger partial charge >= 0.3 is 18.1 Å². The molecule has 0 aromatic heterocycles. The van der Waals surface area contributed by atoms with Crippen molar-refractivity contribution in [2.45, 2.75) is 45.6 Å². The Morgan fingerprint density at radius 1 is 1.03 bits per heavy atom. The van der Waals surface area contributed by atoms with E-state index in [1.54, 1.807) is 38.1 Å². The van der Waals surface area contributed by atoms with Crippen molar-refractivity contribution in [3.8, 4) is 5.75 Å². The standard InChI is InChI=1S/C27H28F3NO6/c1-15-22(25(33)35-4)24(19-6-5-7-20(14-19)27(28,29)30)23(16(2)31-15)26(34)36-13-12-18-8-10-21(11-9-18)37-17(3)32/h5-11,14,17,24,31-32H,12-13H2,1-4H3. The van der Waals surface area contributed by atoms with E-state index in [1.807, 2.05) is 0 Å². The van der Waals surface area contributed by atoms with E-state index in [4.69, 9.17) is 14.2 Å². The number of esters is 2. The van der Waals surface area contributed by atoms with Crippen molar-refractivity contribution in [2.24, 2.45) is 0 Å². The number of halogens is 3. The normalized spacial score (nSPS) is 16.7. The predicted molar refractivity (Wildman–Crippen MR) is 128 cm³/mol. The minimum Gasteiger partial charge on any atom is -0.466 e. The predicted octanol–water partition coefficient (Wildman–Crippen LogP) is 4.62. The maximum atomic E-state index is 13.4. The van der Waals surface area contributed by atoms with Gasteiger partial charge in [-0.15, -0.1) is 0 Å². The number of rotatable bonds is 8.